The number of carbonyl (C=O) groups excluding carboxylic acids is 1. The van der Waals surface area contributed by atoms with Crippen molar-refractivity contribution in [1.29, 1.82) is 0 Å². The molecular formula is C13H26N2O. The van der Waals surface area contributed by atoms with E-state index in [0.717, 1.165) is 0 Å². The van der Waals surface area contributed by atoms with Gasteiger partial charge in [0.05, 0.1) is 6.04 Å². The predicted octanol–water partition coefficient (Wildman–Crippen LogP) is 2.07. The van der Waals surface area contributed by atoms with Gasteiger partial charge in [-0.2, -0.15) is 0 Å². The lowest BCUT2D eigenvalue weighted by atomic mass is 9.75. The smallest absolute Gasteiger partial charge is 0.236 e. The van der Waals surface area contributed by atoms with E-state index >= 15 is 0 Å². The van der Waals surface area contributed by atoms with Gasteiger partial charge < -0.3 is 10.6 Å². The average molecular weight is 226 g/mol. The average Bonchev–Trinajstić information content (AvgIpc) is 2.16. The highest BCUT2D eigenvalue weighted by Gasteiger charge is 2.29. The van der Waals surface area contributed by atoms with Crippen LogP contribution in [0.1, 0.15) is 53.4 Å². The van der Waals surface area contributed by atoms with Gasteiger partial charge in [-0.3, -0.25) is 4.79 Å². The molecule has 0 spiro atoms. The van der Waals surface area contributed by atoms with Crippen LogP contribution in [-0.2, 0) is 4.79 Å². The second kappa shape index (κ2) is 5.67. The molecule has 0 heterocycles. The zero-order valence-corrected chi connectivity index (χ0v) is 11.1. The Morgan fingerprint density at radius 1 is 1.50 bits per heavy atom. The largest absolute Gasteiger partial charge is 0.355 e. The third-order valence-electron chi connectivity index (χ3n) is 3.44. The summed E-state index contributed by atoms with van der Waals surface area (Å²) in [4.78, 5) is 11.6. The standard InChI is InChI=1S/C13H26N2O/c1-5-14-12(16)10(2)15-11-7-6-8-13(3,4)9-11/h10-11,15H,5-9H2,1-4H3,(H,14,16). The lowest BCUT2D eigenvalue weighted by Gasteiger charge is -2.36. The van der Waals surface area contributed by atoms with Crippen molar-refractivity contribution < 1.29 is 4.79 Å². The summed E-state index contributed by atoms with van der Waals surface area (Å²) in [6.45, 7) is 9.25. The van der Waals surface area contributed by atoms with Crippen molar-refractivity contribution in [3.63, 3.8) is 0 Å². The molecule has 2 atom stereocenters. The highest BCUT2D eigenvalue weighted by atomic mass is 16.2. The van der Waals surface area contributed by atoms with Crippen LogP contribution >= 0.6 is 0 Å². The number of hydrogen-bond donors (Lipinski definition) is 2. The Morgan fingerprint density at radius 2 is 2.19 bits per heavy atom. The van der Waals surface area contributed by atoms with E-state index in [1.807, 2.05) is 13.8 Å². The van der Waals surface area contributed by atoms with Crippen molar-refractivity contribution in [1.82, 2.24) is 10.6 Å². The summed E-state index contributed by atoms with van der Waals surface area (Å²) in [5, 5.41) is 6.30. The molecule has 0 aromatic rings. The van der Waals surface area contributed by atoms with Gasteiger partial charge in [-0.25, -0.2) is 0 Å². The maximum absolute atomic E-state index is 11.6. The van der Waals surface area contributed by atoms with E-state index < -0.39 is 0 Å². The third kappa shape index (κ3) is 4.12. The van der Waals surface area contributed by atoms with Crippen LogP contribution in [0.4, 0.5) is 0 Å². The van der Waals surface area contributed by atoms with Crippen molar-refractivity contribution in [2.75, 3.05) is 6.54 Å². The SMILES string of the molecule is CCNC(=O)C(C)NC1CCCC(C)(C)C1. The van der Waals surface area contributed by atoms with Crippen LogP contribution in [0, 0.1) is 5.41 Å². The van der Waals surface area contributed by atoms with E-state index in [1.54, 1.807) is 0 Å². The molecule has 1 amide bonds. The van der Waals surface area contributed by atoms with Crippen molar-refractivity contribution in [3.8, 4) is 0 Å². The van der Waals surface area contributed by atoms with Gasteiger partial charge >= 0.3 is 0 Å². The molecule has 2 N–H and O–H groups in total. The Hall–Kier alpha value is -0.570. The monoisotopic (exact) mass is 226 g/mol. The molecule has 2 unspecified atom stereocenters. The third-order valence-corrected chi connectivity index (χ3v) is 3.44. The molecule has 1 rings (SSSR count). The molecule has 1 fully saturated rings. The number of hydrogen-bond acceptors (Lipinski definition) is 2. The van der Waals surface area contributed by atoms with Crippen molar-refractivity contribution in [2.24, 2.45) is 5.41 Å². The topological polar surface area (TPSA) is 41.1 Å². The van der Waals surface area contributed by atoms with Crippen LogP contribution in [0.15, 0.2) is 0 Å². The van der Waals surface area contributed by atoms with Crippen LogP contribution in [0.2, 0.25) is 0 Å². The van der Waals surface area contributed by atoms with Crippen LogP contribution in [0.5, 0.6) is 0 Å². The molecule has 0 aromatic carbocycles. The van der Waals surface area contributed by atoms with E-state index in [-0.39, 0.29) is 11.9 Å². The minimum atomic E-state index is -0.0705. The van der Waals surface area contributed by atoms with Gasteiger partial charge in [-0.15, -0.1) is 0 Å². The molecular weight excluding hydrogens is 200 g/mol. The molecule has 1 aliphatic carbocycles. The van der Waals surface area contributed by atoms with E-state index in [9.17, 15) is 4.79 Å². The fourth-order valence-corrected chi connectivity index (χ4v) is 2.60. The van der Waals surface area contributed by atoms with Crippen molar-refractivity contribution >= 4 is 5.91 Å². The second-order valence-corrected chi connectivity index (χ2v) is 5.74. The Labute approximate surface area is 99.4 Å². The van der Waals surface area contributed by atoms with Gasteiger partial charge in [0, 0.05) is 12.6 Å². The van der Waals surface area contributed by atoms with Crippen LogP contribution in [0.25, 0.3) is 0 Å². The van der Waals surface area contributed by atoms with Gasteiger partial charge in [-0.1, -0.05) is 20.3 Å². The quantitative estimate of drug-likeness (QED) is 0.770. The normalized spacial score (nSPS) is 26.1. The zero-order valence-electron chi connectivity index (χ0n) is 11.1. The van der Waals surface area contributed by atoms with E-state index in [2.05, 4.69) is 24.5 Å². The molecule has 3 heteroatoms. The Bertz CT molecular complexity index is 238. The maximum atomic E-state index is 11.6. The number of carbonyl (C=O) groups is 1. The summed E-state index contributed by atoms with van der Waals surface area (Å²) in [6, 6.07) is 0.431. The van der Waals surface area contributed by atoms with Gasteiger partial charge in [0.15, 0.2) is 0 Å². The van der Waals surface area contributed by atoms with Crippen LogP contribution < -0.4 is 10.6 Å². The molecule has 0 radical (unpaired) electrons. The first kappa shape index (κ1) is 13.5. The molecule has 3 nitrogen and oxygen atoms in total. The number of rotatable bonds is 4. The Morgan fingerprint density at radius 3 is 2.75 bits per heavy atom. The second-order valence-electron chi connectivity index (χ2n) is 5.74. The fourth-order valence-electron chi connectivity index (χ4n) is 2.60. The van der Waals surface area contributed by atoms with Gasteiger partial charge in [0.1, 0.15) is 0 Å². The summed E-state index contributed by atoms with van der Waals surface area (Å²) in [5.41, 5.74) is 0.427. The molecule has 94 valence electrons. The minimum absolute atomic E-state index is 0.0705. The molecule has 0 aromatic heterocycles. The molecule has 1 saturated carbocycles. The van der Waals surface area contributed by atoms with Gasteiger partial charge in [-0.05, 0) is 38.5 Å². The molecule has 0 saturated heterocycles. The Kier molecular flexibility index (Phi) is 4.78. The summed E-state index contributed by atoms with van der Waals surface area (Å²) < 4.78 is 0. The predicted molar refractivity (Wildman–Crippen MR) is 67.3 cm³/mol. The molecule has 16 heavy (non-hydrogen) atoms. The van der Waals surface area contributed by atoms with Gasteiger partial charge in [0.2, 0.25) is 5.91 Å². The molecule has 0 aliphatic heterocycles. The first-order valence-electron chi connectivity index (χ1n) is 6.48. The minimum Gasteiger partial charge on any atom is -0.355 e. The van der Waals surface area contributed by atoms with Crippen LogP contribution in [0.3, 0.4) is 0 Å². The lowest BCUT2D eigenvalue weighted by Crippen LogP contribution is -2.48. The fraction of sp³-hybridized carbons (Fsp3) is 0.923. The molecule has 0 bridgehead atoms. The summed E-state index contributed by atoms with van der Waals surface area (Å²) in [6.07, 6.45) is 4.96. The highest BCUT2D eigenvalue weighted by molar-refractivity contribution is 5.81. The summed E-state index contributed by atoms with van der Waals surface area (Å²) in [5.74, 6) is 0.117. The van der Waals surface area contributed by atoms with Crippen LogP contribution in [-0.4, -0.2) is 24.5 Å². The maximum Gasteiger partial charge on any atom is 0.236 e. The first-order valence-corrected chi connectivity index (χ1v) is 6.48. The first-order chi connectivity index (χ1) is 7.44. The van der Waals surface area contributed by atoms with E-state index in [4.69, 9.17) is 0 Å². The number of nitrogens with one attached hydrogen (secondary N) is 2. The molecule has 1 aliphatic rings. The van der Waals surface area contributed by atoms with E-state index in [0.29, 0.717) is 18.0 Å². The zero-order chi connectivity index (χ0) is 12.2. The number of amides is 1. The number of likely N-dealkylation sites (N-methyl/N-ethyl adjacent to an activating group) is 1. The highest BCUT2D eigenvalue weighted by Crippen LogP contribution is 2.35. The van der Waals surface area contributed by atoms with E-state index in [1.165, 1.54) is 25.7 Å². The summed E-state index contributed by atoms with van der Waals surface area (Å²) in [7, 11) is 0. The van der Waals surface area contributed by atoms with Crippen molar-refractivity contribution in [2.45, 2.75) is 65.5 Å². The lowest BCUT2D eigenvalue weighted by molar-refractivity contribution is -0.123. The van der Waals surface area contributed by atoms with Crippen molar-refractivity contribution in [3.05, 3.63) is 0 Å². The summed E-state index contributed by atoms with van der Waals surface area (Å²) >= 11 is 0. The Balaban J connectivity index is 2.39. The van der Waals surface area contributed by atoms with Gasteiger partial charge in [0.25, 0.3) is 0 Å².